The molecule has 0 saturated carbocycles. The quantitative estimate of drug-likeness (QED) is 0.846. The SMILES string of the molecule is Cc1ccc2c(c1)[C@@H]1OCCC[C@@H]1[C@@H](c1ccc(C(=O)O)cc1F)N2. The molecular formula is C20H20FNO3. The molecule has 4 nitrogen and oxygen atoms in total. The highest BCUT2D eigenvalue weighted by Gasteiger charge is 2.40. The average Bonchev–Trinajstić information content (AvgIpc) is 2.61. The van der Waals surface area contributed by atoms with Crippen LogP contribution in [0, 0.1) is 18.7 Å². The van der Waals surface area contributed by atoms with E-state index in [1.165, 1.54) is 11.6 Å². The Morgan fingerprint density at radius 3 is 2.84 bits per heavy atom. The molecule has 0 bridgehead atoms. The normalized spacial score (nSPS) is 24.8. The van der Waals surface area contributed by atoms with Crippen molar-refractivity contribution >= 4 is 11.7 Å². The molecule has 2 N–H and O–H groups in total. The Balaban J connectivity index is 1.77. The summed E-state index contributed by atoms with van der Waals surface area (Å²) in [7, 11) is 0. The van der Waals surface area contributed by atoms with E-state index in [0.717, 1.165) is 30.2 Å². The van der Waals surface area contributed by atoms with Gasteiger partial charge in [-0.1, -0.05) is 23.8 Å². The van der Waals surface area contributed by atoms with Crippen LogP contribution >= 0.6 is 0 Å². The highest BCUT2D eigenvalue weighted by Crippen LogP contribution is 2.49. The molecule has 4 rings (SSSR count). The third-order valence-electron chi connectivity index (χ3n) is 5.20. The van der Waals surface area contributed by atoms with Gasteiger partial charge in [-0.15, -0.1) is 0 Å². The van der Waals surface area contributed by atoms with Crippen LogP contribution in [-0.4, -0.2) is 17.7 Å². The number of rotatable bonds is 2. The molecule has 2 aromatic carbocycles. The molecule has 0 aliphatic carbocycles. The van der Waals surface area contributed by atoms with E-state index in [0.29, 0.717) is 12.2 Å². The number of hydrogen-bond donors (Lipinski definition) is 2. The number of hydrogen-bond acceptors (Lipinski definition) is 3. The number of halogens is 1. The number of anilines is 1. The van der Waals surface area contributed by atoms with Crippen molar-refractivity contribution < 1.29 is 19.0 Å². The van der Waals surface area contributed by atoms with Gasteiger partial charge in [0.05, 0.1) is 17.7 Å². The molecule has 2 aromatic rings. The Morgan fingerprint density at radius 1 is 1.24 bits per heavy atom. The van der Waals surface area contributed by atoms with E-state index in [1.807, 2.05) is 12.1 Å². The second-order valence-corrected chi connectivity index (χ2v) is 6.85. The van der Waals surface area contributed by atoms with Crippen LogP contribution in [0.2, 0.25) is 0 Å². The van der Waals surface area contributed by atoms with Crippen molar-refractivity contribution in [3.05, 3.63) is 64.5 Å². The summed E-state index contributed by atoms with van der Waals surface area (Å²) in [6, 6.07) is 10.1. The van der Waals surface area contributed by atoms with Gasteiger partial charge in [-0.25, -0.2) is 9.18 Å². The van der Waals surface area contributed by atoms with Gasteiger partial charge < -0.3 is 15.2 Å². The number of carboxylic acid groups (broad SMARTS) is 1. The summed E-state index contributed by atoms with van der Waals surface area (Å²) in [5.74, 6) is -1.49. The zero-order valence-corrected chi connectivity index (χ0v) is 14.0. The summed E-state index contributed by atoms with van der Waals surface area (Å²) in [4.78, 5) is 11.1. The fraction of sp³-hybridized carbons (Fsp3) is 0.350. The minimum Gasteiger partial charge on any atom is -0.478 e. The zero-order chi connectivity index (χ0) is 17.6. The first-order valence-electron chi connectivity index (χ1n) is 8.56. The molecule has 0 spiro atoms. The van der Waals surface area contributed by atoms with Crippen LogP contribution < -0.4 is 5.32 Å². The summed E-state index contributed by atoms with van der Waals surface area (Å²) in [5.41, 5.74) is 3.72. The molecule has 1 saturated heterocycles. The molecule has 5 heteroatoms. The van der Waals surface area contributed by atoms with Gasteiger partial charge in [0.2, 0.25) is 0 Å². The van der Waals surface area contributed by atoms with Crippen molar-refractivity contribution in [1.82, 2.24) is 0 Å². The van der Waals surface area contributed by atoms with E-state index in [9.17, 15) is 9.18 Å². The van der Waals surface area contributed by atoms with Crippen molar-refractivity contribution in [1.29, 1.82) is 0 Å². The molecule has 0 aromatic heterocycles. The maximum Gasteiger partial charge on any atom is 0.335 e. The summed E-state index contributed by atoms with van der Waals surface area (Å²) in [6.45, 7) is 2.76. The number of carbonyl (C=O) groups is 1. The number of nitrogens with one attached hydrogen (secondary N) is 1. The number of aryl methyl sites for hydroxylation is 1. The largest absolute Gasteiger partial charge is 0.478 e. The van der Waals surface area contributed by atoms with Crippen LogP contribution in [0.4, 0.5) is 10.1 Å². The van der Waals surface area contributed by atoms with Gasteiger partial charge in [-0.05, 0) is 38.0 Å². The predicted molar refractivity (Wildman–Crippen MR) is 92.3 cm³/mol. The molecule has 2 heterocycles. The van der Waals surface area contributed by atoms with Gasteiger partial charge in [0.1, 0.15) is 5.82 Å². The highest BCUT2D eigenvalue weighted by atomic mass is 19.1. The van der Waals surface area contributed by atoms with Gasteiger partial charge in [-0.3, -0.25) is 0 Å². The first kappa shape index (κ1) is 16.1. The first-order valence-corrected chi connectivity index (χ1v) is 8.56. The van der Waals surface area contributed by atoms with Crippen molar-refractivity contribution in [3.8, 4) is 0 Å². The van der Waals surface area contributed by atoms with Crippen LogP contribution in [0.5, 0.6) is 0 Å². The number of carboxylic acids is 1. The number of ether oxygens (including phenoxy) is 1. The van der Waals surface area contributed by atoms with E-state index in [-0.39, 0.29) is 23.6 Å². The highest BCUT2D eigenvalue weighted by molar-refractivity contribution is 5.87. The van der Waals surface area contributed by atoms with E-state index >= 15 is 0 Å². The van der Waals surface area contributed by atoms with Gasteiger partial charge in [0.15, 0.2) is 0 Å². The molecule has 130 valence electrons. The third kappa shape index (κ3) is 2.78. The number of fused-ring (bicyclic) bond motifs is 3. The standard InChI is InChI=1S/C20H20FNO3/c1-11-4-7-17-15(9-11)19-14(3-2-8-25-19)18(22-17)13-6-5-12(20(23)24)10-16(13)21/h4-7,9-10,14,18-19,22H,2-3,8H2,1H3,(H,23,24)/t14-,18-,19-/m1/s1. The molecule has 2 aliphatic heterocycles. The fourth-order valence-corrected chi connectivity index (χ4v) is 4.01. The van der Waals surface area contributed by atoms with E-state index < -0.39 is 11.8 Å². The van der Waals surface area contributed by atoms with Crippen LogP contribution in [0.25, 0.3) is 0 Å². The molecule has 0 radical (unpaired) electrons. The van der Waals surface area contributed by atoms with Crippen molar-refractivity contribution in [2.45, 2.75) is 31.9 Å². The van der Waals surface area contributed by atoms with Gasteiger partial charge in [-0.2, -0.15) is 0 Å². The lowest BCUT2D eigenvalue weighted by Gasteiger charge is -2.43. The summed E-state index contributed by atoms with van der Waals surface area (Å²) in [5, 5.41) is 12.5. The Morgan fingerprint density at radius 2 is 2.08 bits per heavy atom. The van der Waals surface area contributed by atoms with E-state index in [4.69, 9.17) is 9.84 Å². The average molecular weight is 341 g/mol. The minimum atomic E-state index is -1.12. The van der Waals surface area contributed by atoms with Crippen LogP contribution in [0.3, 0.4) is 0 Å². The monoisotopic (exact) mass is 341 g/mol. The maximum atomic E-state index is 14.6. The Labute approximate surface area is 145 Å². The molecule has 1 fully saturated rings. The molecule has 3 atom stereocenters. The van der Waals surface area contributed by atoms with Gasteiger partial charge >= 0.3 is 5.97 Å². The lowest BCUT2D eigenvalue weighted by Crippen LogP contribution is -2.36. The Hall–Kier alpha value is -2.40. The summed E-state index contributed by atoms with van der Waals surface area (Å²) < 4.78 is 20.7. The maximum absolute atomic E-state index is 14.6. The number of benzene rings is 2. The third-order valence-corrected chi connectivity index (χ3v) is 5.20. The lowest BCUT2D eigenvalue weighted by atomic mass is 9.77. The lowest BCUT2D eigenvalue weighted by molar-refractivity contribution is -0.0384. The van der Waals surface area contributed by atoms with Crippen LogP contribution in [0.1, 0.15) is 52.0 Å². The van der Waals surface area contributed by atoms with E-state index in [1.54, 1.807) is 6.07 Å². The molecular weight excluding hydrogens is 321 g/mol. The summed E-state index contributed by atoms with van der Waals surface area (Å²) in [6.07, 6.45) is 1.82. The Kier molecular flexibility index (Phi) is 3.96. The second kappa shape index (κ2) is 6.15. The summed E-state index contributed by atoms with van der Waals surface area (Å²) >= 11 is 0. The van der Waals surface area contributed by atoms with Crippen molar-refractivity contribution in [2.24, 2.45) is 5.92 Å². The molecule has 2 aliphatic rings. The number of aromatic carboxylic acids is 1. The van der Waals surface area contributed by atoms with Crippen LogP contribution in [0.15, 0.2) is 36.4 Å². The zero-order valence-electron chi connectivity index (χ0n) is 14.0. The second-order valence-electron chi connectivity index (χ2n) is 6.85. The van der Waals surface area contributed by atoms with Gasteiger partial charge in [0, 0.05) is 29.3 Å². The predicted octanol–water partition coefficient (Wildman–Crippen LogP) is 4.47. The van der Waals surface area contributed by atoms with Crippen LogP contribution in [-0.2, 0) is 4.74 Å². The van der Waals surface area contributed by atoms with Crippen molar-refractivity contribution in [2.75, 3.05) is 11.9 Å². The molecule has 0 unspecified atom stereocenters. The minimum absolute atomic E-state index is 0.0375. The molecule has 25 heavy (non-hydrogen) atoms. The first-order chi connectivity index (χ1) is 12.0. The Bertz CT molecular complexity index is 836. The molecule has 0 amide bonds. The smallest absolute Gasteiger partial charge is 0.335 e. The topological polar surface area (TPSA) is 58.6 Å². The fourth-order valence-electron chi connectivity index (χ4n) is 4.01. The van der Waals surface area contributed by atoms with Crippen molar-refractivity contribution in [3.63, 3.8) is 0 Å². The van der Waals surface area contributed by atoms with Gasteiger partial charge in [0.25, 0.3) is 0 Å². The van der Waals surface area contributed by atoms with E-state index in [2.05, 4.69) is 18.3 Å².